The summed E-state index contributed by atoms with van der Waals surface area (Å²) in [5.41, 5.74) is -1.23. The van der Waals surface area contributed by atoms with Crippen LogP contribution in [0.1, 0.15) is 27.7 Å². The molecule has 29 heavy (non-hydrogen) atoms. The van der Waals surface area contributed by atoms with Crippen LogP contribution in [0.15, 0.2) is 0 Å². The summed E-state index contributed by atoms with van der Waals surface area (Å²) in [6.45, 7) is 8.27. The first-order valence-corrected chi connectivity index (χ1v) is 14.9. The highest BCUT2D eigenvalue weighted by molar-refractivity contribution is 6.66. The second-order valence-electron chi connectivity index (χ2n) is 7.18. The Morgan fingerprint density at radius 1 is 0.414 bits per heavy atom. The maximum Gasteiger partial charge on any atom is 0.503 e. The first-order chi connectivity index (χ1) is 13.5. The van der Waals surface area contributed by atoms with Crippen LogP contribution in [-0.2, 0) is 39.8 Å². The molecule has 0 rings (SSSR count). The predicted octanol–water partition coefficient (Wildman–Crippen LogP) is 2.80. The normalized spacial score (nSPS) is 18.9. The first kappa shape index (κ1) is 29.3. The second-order valence-corrected chi connectivity index (χ2v) is 17.1. The Hall–Kier alpha value is 0.291. The molecule has 9 nitrogen and oxygen atoms in total. The van der Waals surface area contributed by atoms with Crippen molar-refractivity contribution >= 4 is 26.4 Å². The van der Waals surface area contributed by atoms with Crippen molar-refractivity contribution in [3.63, 3.8) is 0 Å². The Labute approximate surface area is 180 Å². The standard InChI is InChI=1S/C17H42O9Si3/c1-14(27(18-5,19-6)20-7)17(4,15(2)28(21-8,22-9)23-10)16(3)29(24-11,25-12)26-13/h14-16H,1-13H3. The van der Waals surface area contributed by atoms with Gasteiger partial charge in [0, 0.05) is 80.6 Å². The number of hydrogen-bond donors (Lipinski definition) is 0. The van der Waals surface area contributed by atoms with Gasteiger partial charge in [0.2, 0.25) is 0 Å². The molecule has 3 unspecified atom stereocenters. The molecule has 0 saturated heterocycles. The van der Waals surface area contributed by atoms with Gasteiger partial charge in [-0.3, -0.25) is 0 Å². The molecule has 0 aliphatic heterocycles. The minimum Gasteiger partial charge on any atom is -0.377 e. The second kappa shape index (κ2) is 11.8. The van der Waals surface area contributed by atoms with E-state index in [0.29, 0.717) is 0 Å². The van der Waals surface area contributed by atoms with Gasteiger partial charge < -0.3 is 39.8 Å². The van der Waals surface area contributed by atoms with Gasteiger partial charge in [0.15, 0.2) is 0 Å². The Kier molecular flexibility index (Phi) is 11.9. The van der Waals surface area contributed by atoms with Crippen molar-refractivity contribution in [1.82, 2.24) is 0 Å². The molecule has 0 radical (unpaired) electrons. The topological polar surface area (TPSA) is 83.1 Å². The van der Waals surface area contributed by atoms with Crippen LogP contribution in [0.4, 0.5) is 0 Å². The third-order valence-corrected chi connectivity index (χ3v) is 17.1. The quantitative estimate of drug-likeness (QED) is 0.333. The van der Waals surface area contributed by atoms with Crippen LogP contribution in [-0.4, -0.2) is 90.4 Å². The monoisotopic (exact) mass is 474 g/mol. The van der Waals surface area contributed by atoms with Gasteiger partial charge in [0.1, 0.15) is 0 Å². The maximum atomic E-state index is 5.85. The highest BCUT2D eigenvalue weighted by Gasteiger charge is 2.68. The molecule has 0 N–H and O–H groups in total. The molecule has 0 saturated carbocycles. The fraction of sp³-hybridized carbons (Fsp3) is 1.00. The Morgan fingerprint density at radius 3 is 0.655 bits per heavy atom. The SMILES string of the molecule is CO[Si](OC)(OC)C(C)C(C)(C(C)[Si](OC)(OC)OC)C(C)[Si](OC)(OC)OC. The van der Waals surface area contributed by atoms with Crippen molar-refractivity contribution in [2.75, 3.05) is 64.0 Å². The lowest BCUT2D eigenvalue weighted by molar-refractivity contribution is 0.0358. The smallest absolute Gasteiger partial charge is 0.377 e. The van der Waals surface area contributed by atoms with Crippen molar-refractivity contribution in [3.05, 3.63) is 0 Å². The van der Waals surface area contributed by atoms with Crippen LogP contribution in [0.25, 0.3) is 0 Å². The highest BCUT2D eigenvalue weighted by Crippen LogP contribution is 2.61. The summed E-state index contributed by atoms with van der Waals surface area (Å²) in [5, 5.41) is 0. The lowest BCUT2D eigenvalue weighted by Crippen LogP contribution is -2.63. The fourth-order valence-corrected chi connectivity index (χ4v) is 13.6. The van der Waals surface area contributed by atoms with Gasteiger partial charge in [-0.2, -0.15) is 0 Å². The molecule has 0 fully saturated rings. The van der Waals surface area contributed by atoms with Gasteiger partial charge in [0.25, 0.3) is 0 Å². The first-order valence-electron chi connectivity index (χ1n) is 9.48. The predicted molar refractivity (Wildman–Crippen MR) is 117 cm³/mol. The minimum absolute atomic E-state index is 0.209. The molecule has 0 heterocycles. The summed E-state index contributed by atoms with van der Waals surface area (Å²) in [6.07, 6.45) is 0. The van der Waals surface area contributed by atoms with Crippen molar-refractivity contribution in [1.29, 1.82) is 0 Å². The van der Waals surface area contributed by atoms with E-state index < -0.39 is 31.8 Å². The summed E-state index contributed by atoms with van der Waals surface area (Å²) < 4.78 is 52.7. The van der Waals surface area contributed by atoms with E-state index in [1.165, 1.54) is 0 Å². The minimum atomic E-state index is -3.10. The molecule has 0 amide bonds. The van der Waals surface area contributed by atoms with Crippen molar-refractivity contribution in [2.45, 2.75) is 44.3 Å². The number of hydrogen-bond acceptors (Lipinski definition) is 9. The van der Waals surface area contributed by atoms with Gasteiger partial charge >= 0.3 is 26.4 Å². The molecule has 0 spiro atoms. The summed E-state index contributed by atoms with van der Waals surface area (Å²) >= 11 is 0. The summed E-state index contributed by atoms with van der Waals surface area (Å²) in [7, 11) is 5.12. The number of rotatable bonds is 15. The molecule has 12 heteroatoms. The van der Waals surface area contributed by atoms with Gasteiger partial charge in [-0.15, -0.1) is 0 Å². The van der Waals surface area contributed by atoms with Crippen molar-refractivity contribution in [3.8, 4) is 0 Å². The van der Waals surface area contributed by atoms with E-state index >= 15 is 0 Å². The third-order valence-electron chi connectivity index (χ3n) is 6.95. The molecular formula is C17H42O9Si3. The van der Waals surface area contributed by atoms with Crippen molar-refractivity contribution in [2.24, 2.45) is 5.41 Å². The van der Waals surface area contributed by atoms with Crippen molar-refractivity contribution < 1.29 is 39.8 Å². The van der Waals surface area contributed by atoms with E-state index in [9.17, 15) is 0 Å². The highest BCUT2D eigenvalue weighted by atomic mass is 28.4. The van der Waals surface area contributed by atoms with Crippen LogP contribution < -0.4 is 0 Å². The van der Waals surface area contributed by atoms with E-state index in [1.54, 1.807) is 64.0 Å². The Balaban J connectivity index is 6.91. The molecule has 176 valence electrons. The molecule has 0 aromatic heterocycles. The van der Waals surface area contributed by atoms with Crippen LogP contribution in [0.3, 0.4) is 0 Å². The molecule has 0 aromatic rings. The summed E-state index contributed by atoms with van der Waals surface area (Å²) in [6, 6.07) is 0. The van der Waals surface area contributed by atoms with E-state index in [4.69, 9.17) is 39.8 Å². The van der Waals surface area contributed by atoms with Gasteiger partial charge in [0.05, 0.1) is 0 Å². The molecular weight excluding hydrogens is 432 g/mol. The average Bonchev–Trinajstić information content (AvgIpc) is 2.77. The van der Waals surface area contributed by atoms with E-state index in [1.807, 2.05) is 0 Å². The zero-order valence-electron chi connectivity index (χ0n) is 20.4. The Bertz CT molecular complexity index is 382. The van der Waals surface area contributed by atoms with Gasteiger partial charge in [-0.25, -0.2) is 0 Å². The molecule has 0 aromatic carbocycles. The maximum absolute atomic E-state index is 5.85. The zero-order valence-corrected chi connectivity index (χ0v) is 23.4. The lowest BCUT2D eigenvalue weighted by atomic mass is 9.80. The van der Waals surface area contributed by atoms with E-state index in [0.717, 1.165) is 0 Å². The van der Waals surface area contributed by atoms with E-state index in [2.05, 4.69) is 27.7 Å². The van der Waals surface area contributed by atoms with Crippen LogP contribution >= 0.6 is 0 Å². The van der Waals surface area contributed by atoms with Gasteiger partial charge in [-0.1, -0.05) is 27.7 Å². The molecule has 0 bridgehead atoms. The zero-order chi connectivity index (χ0) is 23.1. The fourth-order valence-electron chi connectivity index (χ4n) is 4.61. The average molecular weight is 475 g/mol. The Morgan fingerprint density at radius 2 is 0.552 bits per heavy atom. The van der Waals surface area contributed by atoms with Crippen LogP contribution in [0.5, 0.6) is 0 Å². The molecule has 0 aliphatic rings. The van der Waals surface area contributed by atoms with E-state index in [-0.39, 0.29) is 16.6 Å². The molecule has 3 atom stereocenters. The van der Waals surface area contributed by atoms with Crippen LogP contribution in [0, 0.1) is 5.41 Å². The third kappa shape index (κ3) is 4.88. The van der Waals surface area contributed by atoms with Gasteiger partial charge in [-0.05, 0) is 5.41 Å². The molecule has 0 aliphatic carbocycles. The summed E-state index contributed by atoms with van der Waals surface area (Å²) in [4.78, 5) is 0. The lowest BCUT2D eigenvalue weighted by Gasteiger charge is -2.53. The van der Waals surface area contributed by atoms with Crippen LogP contribution in [0.2, 0.25) is 16.6 Å². The summed E-state index contributed by atoms with van der Waals surface area (Å²) in [5.74, 6) is 0. The largest absolute Gasteiger partial charge is 0.503 e.